The highest BCUT2D eigenvalue weighted by Gasteiger charge is 2.20. The van der Waals surface area contributed by atoms with Gasteiger partial charge in [0, 0.05) is 50.8 Å². The number of piperazine rings is 1. The van der Waals surface area contributed by atoms with Crippen LogP contribution in [-0.2, 0) is 6.54 Å². The summed E-state index contributed by atoms with van der Waals surface area (Å²) >= 11 is 0. The number of nitrogens with two attached hydrogens (primary N) is 1. The van der Waals surface area contributed by atoms with Crippen molar-refractivity contribution in [2.24, 2.45) is 0 Å². The van der Waals surface area contributed by atoms with Crippen LogP contribution in [0.3, 0.4) is 0 Å². The molecule has 0 bridgehead atoms. The third-order valence-electron chi connectivity index (χ3n) is 4.70. The fraction of sp³-hybridized carbons (Fsp3) is 0.263. The van der Waals surface area contributed by atoms with E-state index < -0.39 is 0 Å². The molecule has 0 aromatic carbocycles. The number of nitriles is 1. The van der Waals surface area contributed by atoms with Gasteiger partial charge in [-0.05, 0) is 24.3 Å². The summed E-state index contributed by atoms with van der Waals surface area (Å²) in [7, 11) is 0. The van der Waals surface area contributed by atoms with E-state index in [0.717, 1.165) is 38.5 Å². The molecule has 0 atom stereocenters. The smallest absolute Gasteiger partial charge is 0.227 e. The molecule has 8 nitrogen and oxygen atoms in total. The molecule has 4 heterocycles. The quantitative estimate of drug-likeness (QED) is 0.751. The zero-order valence-corrected chi connectivity index (χ0v) is 14.9. The van der Waals surface area contributed by atoms with Crippen LogP contribution in [0.5, 0.6) is 0 Å². The zero-order chi connectivity index (χ0) is 18.6. The monoisotopic (exact) mass is 360 g/mol. The molecule has 0 amide bonds. The summed E-state index contributed by atoms with van der Waals surface area (Å²) in [6.07, 6.45) is 5.34. The largest absolute Gasteiger partial charge is 0.382 e. The van der Waals surface area contributed by atoms with Crippen LogP contribution in [0.2, 0.25) is 0 Å². The Morgan fingerprint density at radius 3 is 2.63 bits per heavy atom. The molecule has 136 valence electrons. The number of aromatic nitrogens is 4. The Hall–Kier alpha value is -3.44. The van der Waals surface area contributed by atoms with Gasteiger partial charge in [-0.15, -0.1) is 0 Å². The molecule has 3 aromatic rings. The molecule has 0 aliphatic carbocycles. The molecule has 0 saturated carbocycles. The summed E-state index contributed by atoms with van der Waals surface area (Å²) in [6, 6.07) is 12.1. The predicted octanol–water partition coefficient (Wildman–Crippen LogP) is 1.44. The van der Waals surface area contributed by atoms with Crippen molar-refractivity contribution in [3.63, 3.8) is 0 Å². The molecular weight excluding hydrogens is 340 g/mol. The predicted molar refractivity (Wildman–Crippen MR) is 102 cm³/mol. The molecule has 2 N–H and O–H groups in total. The van der Waals surface area contributed by atoms with Crippen LogP contribution in [0.15, 0.2) is 48.9 Å². The van der Waals surface area contributed by atoms with Crippen molar-refractivity contribution in [2.45, 2.75) is 6.54 Å². The number of nitrogens with zero attached hydrogens (tertiary/aromatic N) is 7. The van der Waals surface area contributed by atoms with E-state index in [-0.39, 0.29) is 5.82 Å². The Balaban J connectivity index is 1.40. The SMILES string of the molecule is N#Cc1cnc(N2CCN(Cc3cccn3-c3ccccn3)CC2)nc1N. The topological polar surface area (TPSA) is 99.9 Å². The number of nitrogen functional groups attached to an aromatic ring is 1. The Morgan fingerprint density at radius 2 is 1.93 bits per heavy atom. The van der Waals surface area contributed by atoms with Crippen LogP contribution in [-0.4, -0.2) is 50.6 Å². The first-order valence-electron chi connectivity index (χ1n) is 8.82. The van der Waals surface area contributed by atoms with Gasteiger partial charge < -0.3 is 15.2 Å². The normalized spacial score (nSPS) is 14.9. The van der Waals surface area contributed by atoms with Gasteiger partial charge in [0.1, 0.15) is 23.3 Å². The first-order chi connectivity index (χ1) is 13.2. The van der Waals surface area contributed by atoms with Crippen LogP contribution >= 0.6 is 0 Å². The Labute approximate surface area is 157 Å². The Bertz CT molecular complexity index is 951. The van der Waals surface area contributed by atoms with E-state index in [9.17, 15) is 0 Å². The maximum Gasteiger partial charge on any atom is 0.227 e. The summed E-state index contributed by atoms with van der Waals surface area (Å²) in [5.41, 5.74) is 7.33. The van der Waals surface area contributed by atoms with Gasteiger partial charge >= 0.3 is 0 Å². The average Bonchev–Trinajstić information content (AvgIpc) is 3.17. The minimum Gasteiger partial charge on any atom is -0.382 e. The minimum absolute atomic E-state index is 0.234. The third kappa shape index (κ3) is 3.59. The van der Waals surface area contributed by atoms with E-state index in [1.54, 1.807) is 6.20 Å². The van der Waals surface area contributed by atoms with E-state index in [0.29, 0.717) is 11.5 Å². The van der Waals surface area contributed by atoms with Crippen molar-refractivity contribution in [3.05, 3.63) is 60.2 Å². The molecule has 4 rings (SSSR count). The van der Waals surface area contributed by atoms with E-state index >= 15 is 0 Å². The molecule has 0 radical (unpaired) electrons. The molecule has 1 aliphatic rings. The second-order valence-corrected chi connectivity index (χ2v) is 6.40. The first kappa shape index (κ1) is 17.0. The molecule has 0 spiro atoms. The molecule has 1 saturated heterocycles. The van der Waals surface area contributed by atoms with E-state index in [1.165, 1.54) is 11.9 Å². The maximum absolute atomic E-state index is 8.94. The van der Waals surface area contributed by atoms with Crippen LogP contribution in [0.25, 0.3) is 5.82 Å². The van der Waals surface area contributed by atoms with Crippen LogP contribution < -0.4 is 10.6 Å². The molecule has 27 heavy (non-hydrogen) atoms. The summed E-state index contributed by atoms with van der Waals surface area (Å²) in [5, 5.41) is 8.94. The van der Waals surface area contributed by atoms with Gasteiger partial charge in [-0.2, -0.15) is 10.2 Å². The lowest BCUT2D eigenvalue weighted by Gasteiger charge is -2.34. The lowest BCUT2D eigenvalue weighted by atomic mass is 10.3. The highest BCUT2D eigenvalue weighted by Crippen LogP contribution is 2.17. The van der Waals surface area contributed by atoms with E-state index in [2.05, 4.69) is 35.4 Å². The molecule has 1 fully saturated rings. The van der Waals surface area contributed by atoms with Gasteiger partial charge in [0.25, 0.3) is 0 Å². The van der Waals surface area contributed by atoms with Gasteiger partial charge in [-0.25, -0.2) is 9.97 Å². The summed E-state index contributed by atoms with van der Waals surface area (Å²) in [4.78, 5) is 17.5. The van der Waals surface area contributed by atoms with Gasteiger partial charge in [0.05, 0.1) is 6.20 Å². The fourth-order valence-corrected chi connectivity index (χ4v) is 3.22. The molecule has 3 aromatic heterocycles. The van der Waals surface area contributed by atoms with Crippen molar-refractivity contribution in [1.29, 1.82) is 5.26 Å². The Kier molecular flexibility index (Phi) is 4.68. The maximum atomic E-state index is 8.94. The van der Waals surface area contributed by atoms with Crippen molar-refractivity contribution in [1.82, 2.24) is 24.4 Å². The number of pyridine rings is 1. The number of rotatable bonds is 4. The van der Waals surface area contributed by atoms with Crippen molar-refractivity contribution >= 4 is 11.8 Å². The summed E-state index contributed by atoms with van der Waals surface area (Å²) < 4.78 is 2.12. The molecule has 1 aliphatic heterocycles. The second-order valence-electron chi connectivity index (χ2n) is 6.40. The van der Waals surface area contributed by atoms with Crippen LogP contribution in [0.1, 0.15) is 11.3 Å². The fourth-order valence-electron chi connectivity index (χ4n) is 3.22. The van der Waals surface area contributed by atoms with E-state index in [4.69, 9.17) is 11.0 Å². The Morgan fingerprint density at radius 1 is 1.07 bits per heavy atom. The lowest BCUT2D eigenvalue weighted by Crippen LogP contribution is -2.46. The number of hydrogen-bond donors (Lipinski definition) is 1. The van der Waals surface area contributed by atoms with Gasteiger partial charge in [-0.1, -0.05) is 6.07 Å². The lowest BCUT2D eigenvalue weighted by molar-refractivity contribution is 0.245. The van der Waals surface area contributed by atoms with Gasteiger partial charge in [-0.3, -0.25) is 4.90 Å². The average molecular weight is 360 g/mol. The highest BCUT2D eigenvalue weighted by atomic mass is 15.3. The minimum atomic E-state index is 0.234. The van der Waals surface area contributed by atoms with Crippen LogP contribution in [0, 0.1) is 11.3 Å². The molecule has 8 heteroatoms. The summed E-state index contributed by atoms with van der Waals surface area (Å²) in [6.45, 7) is 4.28. The van der Waals surface area contributed by atoms with Crippen molar-refractivity contribution < 1.29 is 0 Å². The molecule has 0 unspecified atom stereocenters. The van der Waals surface area contributed by atoms with Crippen molar-refractivity contribution in [3.8, 4) is 11.9 Å². The van der Waals surface area contributed by atoms with E-state index in [1.807, 2.05) is 36.5 Å². The third-order valence-corrected chi connectivity index (χ3v) is 4.70. The van der Waals surface area contributed by atoms with Crippen LogP contribution in [0.4, 0.5) is 11.8 Å². The zero-order valence-electron chi connectivity index (χ0n) is 14.9. The molecular formula is C19H20N8. The number of anilines is 2. The standard InChI is InChI=1S/C19H20N8/c20-12-15-13-23-19(24-18(15)21)26-10-8-25(9-11-26)14-16-4-3-7-27(16)17-5-1-2-6-22-17/h1-7,13H,8-11,14H2,(H2,21,23,24). The van der Waals surface area contributed by atoms with Gasteiger partial charge in [0.2, 0.25) is 5.95 Å². The first-order valence-corrected chi connectivity index (χ1v) is 8.82. The highest BCUT2D eigenvalue weighted by molar-refractivity contribution is 5.50. The van der Waals surface area contributed by atoms with Crippen molar-refractivity contribution in [2.75, 3.05) is 36.8 Å². The second kappa shape index (κ2) is 7.43. The van der Waals surface area contributed by atoms with Gasteiger partial charge in [0.15, 0.2) is 0 Å². The number of hydrogen-bond acceptors (Lipinski definition) is 7. The summed E-state index contributed by atoms with van der Waals surface area (Å²) in [5.74, 6) is 1.75.